The minimum Gasteiger partial charge on any atom is -0.325 e. The highest BCUT2D eigenvalue weighted by atomic mass is 35.5. The Morgan fingerprint density at radius 2 is 2.12 bits per heavy atom. The molecule has 16 heavy (non-hydrogen) atoms. The van der Waals surface area contributed by atoms with Crippen molar-refractivity contribution in [3.8, 4) is 0 Å². The van der Waals surface area contributed by atoms with Crippen LogP contribution in [-0.4, -0.2) is 14.5 Å². The summed E-state index contributed by atoms with van der Waals surface area (Å²) in [6.07, 6.45) is 1.75. The van der Waals surface area contributed by atoms with Crippen LogP contribution in [0, 0.1) is 0 Å². The number of nitrogens with zero attached hydrogens (tertiary/aromatic N) is 3. The van der Waals surface area contributed by atoms with E-state index in [-0.39, 0.29) is 12.4 Å². The molecule has 0 bridgehead atoms. The normalized spacial score (nSPS) is 11.5. The maximum absolute atomic E-state index is 6.09. The third-order valence-electron chi connectivity index (χ3n) is 2.42. The predicted molar refractivity (Wildman–Crippen MR) is 67.7 cm³/mol. The Labute approximate surface area is 101 Å². The maximum atomic E-state index is 6.09. The summed E-state index contributed by atoms with van der Waals surface area (Å²) in [6.45, 7) is 6.86. The average Bonchev–Trinajstić information content (AvgIpc) is 2.55. The first-order valence-corrected chi connectivity index (χ1v) is 5.14. The van der Waals surface area contributed by atoms with Gasteiger partial charge in [0.2, 0.25) is 0 Å². The van der Waals surface area contributed by atoms with E-state index in [0.717, 1.165) is 23.5 Å². The summed E-state index contributed by atoms with van der Waals surface area (Å²) in [7, 11) is 0. The van der Waals surface area contributed by atoms with Crippen LogP contribution in [-0.2, 0) is 12.1 Å². The Bertz CT molecular complexity index is 484. The van der Waals surface area contributed by atoms with Gasteiger partial charge in [0.05, 0.1) is 11.1 Å². The van der Waals surface area contributed by atoms with Gasteiger partial charge in [0.1, 0.15) is 5.82 Å². The Balaban J connectivity index is 0.00000128. The molecule has 2 heterocycles. The van der Waals surface area contributed by atoms with Gasteiger partial charge in [0, 0.05) is 12.7 Å². The fraction of sp³-hybridized carbons (Fsp3) is 0.455. The molecule has 2 aromatic rings. The number of hydrogen-bond acceptors (Lipinski definition) is 3. The summed E-state index contributed by atoms with van der Waals surface area (Å²) in [6, 6.07) is 3.94. The molecule has 0 aliphatic rings. The number of fused-ring (bicyclic) bond motifs is 1. The number of rotatable bonds is 2. The highest BCUT2D eigenvalue weighted by Gasteiger charge is 2.22. The SMILES string of the molecule is CCn1c(C(C)(C)N)nc2ncccc21.Cl. The molecule has 2 N–H and O–H groups in total. The van der Waals surface area contributed by atoms with E-state index in [1.807, 2.05) is 26.0 Å². The van der Waals surface area contributed by atoms with Crippen LogP contribution in [0.5, 0.6) is 0 Å². The smallest absolute Gasteiger partial charge is 0.177 e. The van der Waals surface area contributed by atoms with Crippen molar-refractivity contribution in [1.29, 1.82) is 0 Å². The average molecular weight is 241 g/mol. The number of hydrogen-bond donors (Lipinski definition) is 1. The van der Waals surface area contributed by atoms with Gasteiger partial charge in [-0.25, -0.2) is 9.97 Å². The molecule has 0 fully saturated rings. The molecular weight excluding hydrogens is 224 g/mol. The molecule has 88 valence electrons. The highest BCUT2D eigenvalue weighted by Crippen LogP contribution is 2.21. The fourth-order valence-corrected chi connectivity index (χ4v) is 1.77. The van der Waals surface area contributed by atoms with Crippen LogP contribution in [0.15, 0.2) is 18.3 Å². The zero-order valence-corrected chi connectivity index (χ0v) is 10.6. The van der Waals surface area contributed by atoms with Crippen LogP contribution in [0.4, 0.5) is 0 Å². The number of imidazole rings is 1. The van der Waals surface area contributed by atoms with Crippen molar-refractivity contribution in [1.82, 2.24) is 14.5 Å². The minimum absolute atomic E-state index is 0. The molecule has 5 heteroatoms. The maximum Gasteiger partial charge on any atom is 0.177 e. The zero-order valence-electron chi connectivity index (χ0n) is 9.77. The van der Waals surface area contributed by atoms with E-state index in [2.05, 4.69) is 21.5 Å². The second-order valence-corrected chi connectivity index (χ2v) is 4.25. The molecule has 0 spiro atoms. The quantitative estimate of drug-likeness (QED) is 0.874. The third kappa shape index (κ3) is 2.03. The zero-order chi connectivity index (χ0) is 11.1. The number of nitrogens with two attached hydrogens (primary N) is 1. The van der Waals surface area contributed by atoms with Gasteiger partial charge in [-0.2, -0.15) is 0 Å². The molecule has 0 saturated carbocycles. The van der Waals surface area contributed by atoms with Gasteiger partial charge in [-0.1, -0.05) is 0 Å². The summed E-state index contributed by atoms with van der Waals surface area (Å²) in [4.78, 5) is 8.72. The molecular formula is C11H17ClN4. The standard InChI is InChI=1S/C11H16N4.ClH/c1-4-15-8-6-5-7-13-9(8)14-10(15)11(2,3)12;/h5-7H,4,12H2,1-3H3;1H. The third-order valence-corrected chi connectivity index (χ3v) is 2.42. The summed E-state index contributed by atoms with van der Waals surface area (Å²) in [5.41, 5.74) is 7.47. The summed E-state index contributed by atoms with van der Waals surface area (Å²) in [5.74, 6) is 0.888. The molecule has 2 rings (SSSR count). The first kappa shape index (κ1) is 12.9. The van der Waals surface area contributed by atoms with Gasteiger partial charge in [0.15, 0.2) is 5.65 Å². The Morgan fingerprint density at radius 1 is 1.44 bits per heavy atom. The van der Waals surface area contributed by atoms with E-state index < -0.39 is 5.54 Å². The van der Waals surface area contributed by atoms with Gasteiger partial charge in [-0.15, -0.1) is 12.4 Å². The number of aromatic nitrogens is 3. The van der Waals surface area contributed by atoms with Crippen molar-refractivity contribution in [2.45, 2.75) is 32.9 Å². The van der Waals surface area contributed by atoms with Gasteiger partial charge < -0.3 is 10.3 Å². The lowest BCUT2D eigenvalue weighted by Crippen LogP contribution is -2.32. The summed E-state index contributed by atoms with van der Waals surface area (Å²) in [5, 5.41) is 0. The van der Waals surface area contributed by atoms with E-state index in [1.165, 1.54) is 0 Å². The van der Waals surface area contributed by atoms with Crippen molar-refractivity contribution < 1.29 is 0 Å². The van der Waals surface area contributed by atoms with Crippen LogP contribution < -0.4 is 5.73 Å². The van der Waals surface area contributed by atoms with Crippen molar-refractivity contribution in [3.63, 3.8) is 0 Å². The molecule has 0 saturated heterocycles. The lowest BCUT2D eigenvalue weighted by atomic mass is 10.1. The van der Waals surface area contributed by atoms with Crippen LogP contribution in [0.1, 0.15) is 26.6 Å². The van der Waals surface area contributed by atoms with Crippen molar-refractivity contribution in [3.05, 3.63) is 24.2 Å². The molecule has 0 unspecified atom stereocenters. The molecule has 2 aromatic heterocycles. The van der Waals surface area contributed by atoms with Gasteiger partial charge >= 0.3 is 0 Å². The fourth-order valence-electron chi connectivity index (χ4n) is 1.77. The monoisotopic (exact) mass is 240 g/mol. The summed E-state index contributed by atoms with van der Waals surface area (Å²) >= 11 is 0. The second-order valence-electron chi connectivity index (χ2n) is 4.25. The van der Waals surface area contributed by atoms with Crippen molar-refractivity contribution in [2.24, 2.45) is 5.73 Å². The van der Waals surface area contributed by atoms with Crippen molar-refractivity contribution in [2.75, 3.05) is 0 Å². The first-order valence-electron chi connectivity index (χ1n) is 5.14. The molecule has 0 aliphatic heterocycles. The molecule has 0 aromatic carbocycles. The topological polar surface area (TPSA) is 56.7 Å². The molecule has 4 nitrogen and oxygen atoms in total. The van der Waals surface area contributed by atoms with Crippen LogP contribution in [0.3, 0.4) is 0 Å². The van der Waals surface area contributed by atoms with E-state index in [4.69, 9.17) is 5.73 Å². The second kappa shape index (κ2) is 4.39. The molecule has 0 aliphatic carbocycles. The minimum atomic E-state index is -0.434. The van der Waals surface area contributed by atoms with E-state index >= 15 is 0 Å². The Morgan fingerprint density at radius 3 is 2.69 bits per heavy atom. The van der Waals surface area contributed by atoms with Crippen molar-refractivity contribution >= 4 is 23.6 Å². The lowest BCUT2D eigenvalue weighted by molar-refractivity contribution is 0.485. The molecule has 0 atom stereocenters. The van der Waals surface area contributed by atoms with Crippen LogP contribution >= 0.6 is 12.4 Å². The number of pyridine rings is 1. The lowest BCUT2D eigenvalue weighted by Gasteiger charge is -2.19. The largest absolute Gasteiger partial charge is 0.325 e. The predicted octanol–water partition coefficient (Wildman–Crippen LogP) is 2.07. The van der Waals surface area contributed by atoms with E-state index in [1.54, 1.807) is 6.20 Å². The van der Waals surface area contributed by atoms with Crippen LogP contribution in [0.2, 0.25) is 0 Å². The molecule has 0 amide bonds. The molecule has 0 radical (unpaired) electrons. The first-order chi connectivity index (χ1) is 7.04. The summed E-state index contributed by atoms with van der Waals surface area (Å²) < 4.78 is 2.11. The van der Waals surface area contributed by atoms with Gasteiger partial charge in [-0.3, -0.25) is 0 Å². The number of halogens is 1. The van der Waals surface area contributed by atoms with Gasteiger partial charge in [0.25, 0.3) is 0 Å². The Kier molecular flexibility index (Phi) is 3.55. The highest BCUT2D eigenvalue weighted by molar-refractivity contribution is 5.85. The van der Waals surface area contributed by atoms with E-state index in [9.17, 15) is 0 Å². The number of aryl methyl sites for hydroxylation is 1. The Hall–Kier alpha value is -1.13. The van der Waals surface area contributed by atoms with E-state index in [0.29, 0.717) is 0 Å². The van der Waals surface area contributed by atoms with Gasteiger partial charge in [-0.05, 0) is 32.9 Å². The van der Waals surface area contributed by atoms with Crippen LogP contribution in [0.25, 0.3) is 11.2 Å².